The van der Waals surface area contributed by atoms with Gasteiger partial charge in [0.2, 0.25) is 0 Å². The quantitative estimate of drug-likeness (QED) is 0.914. The van der Waals surface area contributed by atoms with Crippen LogP contribution in [0, 0.1) is 20.8 Å². The Morgan fingerprint density at radius 2 is 2.00 bits per heavy atom. The van der Waals surface area contributed by atoms with Gasteiger partial charge in [0.25, 0.3) is 0 Å². The molecule has 1 atom stereocenters. The molecule has 2 aromatic heterocycles. The fraction of sp³-hybridized carbons (Fsp3) is 0.438. The van der Waals surface area contributed by atoms with Gasteiger partial charge >= 0.3 is 0 Å². The molecule has 5 heteroatoms. The smallest absolute Gasteiger partial charge is 0.128 e. The van der Waals surface area contributed by atoms with Crippen molar-refractivity contribution >= 4 is 0 Å². The molecule has 0 saturated heterocycles. The van der Waals surface area contributed by atoms with Crippen LogP contribution >= 0.6 is 0 Å². The highest BCUT2D eigenvalue weighted by molar-refractivity contribution is 5.41. The van der Waals surface area contributed by atoms with Crippen LogP contribution in [0.3, 0.4) is 0 Å². The van der Waals surface area contributed by atoms with Gasteiger partial charge in [0, 0.05) is 35.6 Å². The third-order valence-electron chi connectivity index (χ3n) is 3.65. The van der Waals surface area contributed by atoms with Crippen LogP contribution in [0.2, 0.25) is 0 Å². The van der Waals surface area contributed by atoms with E-state index in [0.717, 1.165) is 40.5 Å². The van der Waals surface area contributed by atoms with Crippen molar-refractivity contribution in [1.29, 1.82) is 0 Å². The second-order valence-electron chi connectivity index (χ2n) is 5.12. The fourth-order valence-electron chi connectivity index (χ4n) is 2.49. The number of likely N-dealkylation sites (N-methyl/N-ethyl adjacent to an activating group) is 1. The van der Waals surface area contributed by atoms with Gasteiger partial charge in [-0.1, -0.05) is 0 Å². The monoisotopic (exact) mass is 286 g/mol. The maximum absolute atomic E-state index is 5.47. The van der Waals surface area contributed by atoms with E-state index in [-0.39, 0.29) is 6.04 Å². The van der Waals surface area contributed by atoms with Gasteiger partial charge in [-0.3, -0.25) is 4.98 Å². The summed E-state index contributed by atoms with van der Waals surface area (Å²) in [5, 5.41) is 3.30. The molecule has 5 nitrogen and oxygen atoms in total. The topological polar surface area (TPSA) is 59.9 Å². The minimum Gasteiger partial charge on any atom is -0.496 e. The van der Waals surface area contributed by atoms with Crippen molar-refractivity contribution in [2.75, 3.05) is 14.2 Å². The summed E-state index contributed by atoms with van der Waals surface area (Å²) in [5.41, 5.74) is 4.14. The Labute approximate surface area is 125 Å². The summed E-state index contributed by atoms with van der Waals surface area (Å²) in [6.45, 7) is 5.95. The highest BCUT2D eigenvalue weighted by Gasteiger charge is 2.16. The Balaban J connectivity index is 2.31. The van der Waals surface area contributed by atoms with E-state index in [1.54, 1.807) is 13.3 Å². The van der Waals surface area contributed by atoms with Gasteiger partial charge in [0.1, 0.15) is 11.6 Å². The molecule has 1 unspecified atom stereocenters. The lowest BCUT2D eigenvalue weighted by Crippen LogP contribution is -2.21. The highest BCUT2D eigenvalue weighted by Crippen LogP contribution is 2.26. The van der Waals surface area contributed by atoms with Crippen LogP contribution in [0.4, 0.5) is 0 Å². The van der Waals surface area contributed by atoms with Gasteiger partial charge in [0.05, 0.1) is 18.8 Å². The van der Waals surface area contributed by atoms with Crippen LogP contribution in [0.15, 0.2) is 18.5 Å². The molecule has 0 spiro atoms. The molecule has 0 aromatic carbocycles. The Hall–Kier alpha value is -2.01. The summed E-state index contributed by atoms with van der Waals surface area (Å²) in [6, 6.07) is 2.04. The summed E-state index contributed by atoms with van der Waals surface area (Å²) in [5.74, 6) is 1.69. The molecular formula is C16H22N4O. The molecule has 0 aliphatic carbocycles. The Bertz CT molecular complexity index is 628. The van der Waals surface area contributed by atoms with Crippen molar-refractivity contribution in [2.24, 2.45) is 0 Å². The number of ether oxygens (including phenoxy) is 1. The maximum atomic E-state index is 5.47. The van der Waals surface area contributed by atoms with Crippen LogP contribution in [-0.4, -0.2) is 29.1 Å². The van der Waals surface area contributed by atoms with E-state index < -0.39 is 0 Å². The number of aryl methyl sites for hydroxylation is 2. The first kappa shape index (κ1) is 15.4. The minimum atomic E-state index is 0.102. The van der Waals surface area contributed by atoms with E-state index in [4.69, 9.17) is 4.74 Å². The SMILES string of the molecule is CNC(Cc1ncc(C)c(OC)c1C)c1ccnc(C)n1. The standard InChI is InChI=1S/C16H22N4O/c1-10-9-19-14(11(2)16(10)21-5)8-15(17-4)13-6-7-18-12(3)20-13/h6-7,9,15,17H,8H2,1-5H3. The Kier molecular flexibility index (Phi) is 4.85. The van der Waals surface area contributed by atoms with Gasteiger partial charge in [-0.2, -0.15) is 0 Å². The van der Waals surface area contributed by atoms with Crippen LogP contribution < -0.4 is 10.1 Å². The van der Waals surface area contributed by atoms with Crippen molar-refractivity contribution in [2.45, 2.75) is 33.2 Å². The molecule has 0 aliphatic rings. The number of rotatable bonds is 5. The van der Waals surface area contributed by atoms with Gasteiger partial charge in [-0.15, -0.1) is 0 Å². The molecule has 21 heavy (non-hydrogen) atoms. The molecule has 0 radical (unpaired) electrons. The molecule has 2 rings (SSSR count). The third-order valence-corrected chi connectivity index (χ3v) is 3.65. The molecule has 2 heterocycles. The number of pyridine rings is 1. The molecule has 0 amide bonds. The molecule has 0 fully saturated rings. The second kappa shape index (κ2) is 6.63. The van der Waals surface area contributed by atoms with Gasteiger partial charge in [-0.05, 0) is 33.9 Å². The van der Waals surface area contributed by atoms with E-state index in [1.807, 2.05) is 40.1 Å². The molecule has 0 saturated carbocycles. The first-order valence-electron chi connectivity index (χ1n) is 7.02. The summed E-state index contributed by atoms with van der Waals surface area (Å²) in [6.07, 6.45) is 4.41. The van der Waals surface area contributed by atoms with Crippen LogP contribution in [-0.2, 0) is 6.42 Å². The molecule has 112 valence electrons. The normalized spacial score (nSPS) is 12.2. The predicted octanol–water partition coefficient (Wildman–Crippen LogP) is 2.31. The first-order chi connectivity index (χ1) is 10.1. The third kappa shape index (κ3) is 3.36. The van der Waals surface area contributed by atoms with Crippen LogP contribution in [0.25, 0.3) is 0 Å². The van der Waals surface area contributed by atoms with Gasteiger partial charge in [-0.25, -0.2) is 9.97 Å². The molecule has 0 bridgehead atoms. The number of nitrogens with zero attached hydrogens (tertiary/aromatic N) is 3. The highest BCUT2D eigenvalue weighted by atomic mass is 16.5. The molecule has 1 N–H and O–H groups in total. The van der Waals surface area contributed by atoms with Gasteiger partial charge in [0.15, 0.2) is 0 Å². The molecule has 2 aromatic rings. The second-order valence-corrected chi connectivity index (χ2v) is 5.12. The fourth-order valence-corrected chi connectivity index (χ4v) is 2.49. The summed E-state index contributed by atoms with van der Waals surface area (Å²) < 4.78 is 5.47. The van der Waals surface area contributed by atoms with Crippen molar-refractivity contribution in [1.82, 2.24) is 20.3 Å². The first-order valence-corrected chi connectivity index (χ1v) is 7.02. The van der Waals surface area contributed by atoms with E-state index in [0.29, 0.717) is 0 Å². The number of hydrogen-bond acceptors (Lipinski definition) is 5. The lowest BCUT2D eigenvalue weighted by Gasteiger charge is -2.18. The summed E-state index contributed by atoms with van der Waals surface area (Å²) in [7, 11) is 3.63. The minimum absolute atomic E-state index is 0.102. The number of aromatic nitrogens is 3. The number of hydrogen-bond donors (Lipinski definition) is 1. The average molecular weight is 286 g/mol. The zero-order valence-corrected chi connectivity index (χ0v) is 13.3. The predicted molar refractivity (Wildman–Crippen MR) is 82.5 cm³/mol. The zero-order chi connectivity index (χ0) is 15.4. The maximum Gasteiger partial charge on any atom is 0.128 e. The largest absolute Gasteiger partial charge is 0.496 e. The van der Waals surface area contributed by atoms with E-state index >= 15 is 0 Å². The summed E-state index contributed by atoms with van der Waals surface area (Å²) in [4.78, 5) is 13.2. The van der Waals surface area contributed by atoms with Crippen LogP contribution in [0.1, 0.15) is 34.4 Å². The van der Waals surface area contributed by atoms with E-state index in [2.05, 4.69) is 20.3 Å². The van der Waals surface area contributed by atoms with Gasteiger partial charge < -0.3 is 10.1 Å². The molecule has 0 aliphatic heterocycles. The van der Waals surface area contributed by atoms with Crippen LogP contribution in [0.5, 0.6) is 5.75 Å². The van der Waals surface area contributed by atoms with Crippen molar-refractivity contribution in [3.8, 4) is 5.75 Å². The summed E-state index contributed by atoms with van der Waals surface area (Å²) >= 11 is 0. The number of methoxy groups -OCH3 is 1. The Morgan fingerprint density at radius 3 is 2.62 bits per heavy atom. The lowest BCUT2D eigenvalue weighted by molar-refractivity contribution is 0.406. The van der Waals surface area contributed by atoms with Crippen molar-refractivity contribution in [3.63, 3.8) is 0 Å². The number of nitrogens with one attached hydrogen (secondary N) is 1. The Morgan fingerprint density at radius 1 is 1.24 bits per heavy atom. The van der Waals surface area contributed by atoms with E-state index in [1.165, 1.54) is 0 Å². The van der Waals surface area contributed by atoms with E-state index in [9.17, 15) is 0 Å². The average Bonchev–Trinajstić information content (AvgIpc) is 2.47. The van der Waals surface area contributed by atoms with Crippen molar-refractivity contribution in [3.05, 3.63) is 46.8 Å². The zero-order valence-electron chi connectivity index (χ0n) is 13.3. The van der Waals surface area contributed by atoms with Crippen molar-refractivity contribution < 1.29 is 4.74 Å². The lowest BCUT2D eigenvalue weighted by atomic mass is 10.0. The molecular weight excluding hydrogens is 264 g/mol.